The van der Waals surface area contributed by atoms with Gasteiger partial charge in [0.2, 0.25) is 0 Å². The normalized spacial score (nSPS) is 10.3. The van der Waals surface area contributed by atoms with E-state index in [9.17, 15) is 17.6 Å². The van der Waals surface area contributed by atoms with Crippen LogP contribution >= 0.6 is 11.8 Å². The Hall–Kier alpha value is -2.20. The minimum absolute atomic E-state index is 0.134. The van der Waals surface area contributed by atoms with Gasteiger partial charge in [-0.25, -0.2) is 17.6 Å². The summed E-state index contributed by atoms with van der Waals surface area (Å²) in [5.74, 6) is -4.17. The summed E-state index contributed by atoms with van der Waals surface area (Å²) in [4.78, 5) is -1.16. The third-order valence-corrected chi connectivity index (χ3v) is 3.54. The first-order valence-corrected chi connectivity index (χ1v) is 6.05. The first-order chi connectivity index (χ1) is 9.42. The van der Waals surface area contributed by atoms with Gasteiger partial charge < -0.3 is 5.73 Å². The second kappa shape index (κ2) is 5.43. The van der Waals surface area contributed by atoms with E-state index in [1.165, 1.54) is 0 Å². The van der Waals surface area contributed by atoms with Crippen LogP contribution in [0.5, 0.6) is 0 Å². The zero-order valence-electron chi connectivity index (χ0n) is 9.75. The Bertz CT molecular complexity index is 679. The quantitative estimate of drug-likeness (QED) is 0.677. The number of nitrogens with zero attached hydrogens (tertiary/aromatic N) is 1. The highest BCUT2D eigenvalue weighted by Crippen LogP contribution is 2.36. The highest BCUT2D eigenvalue weighted by atomic mass is 32.2. The first kappa shape index (κ1) is 14.2. The molecule has 0 unspecified atom stereocenters. The van der Waals surface area contributed by atoms with E-state index in [-0.39, 0.29) is 23.0 Å². The van der Waals surface area contributed by atoms with Crippen LogP contribution in [0.3, 0.4) is 0 Å². The van der Waals surface area contributed by atoms with E-state index in [4.69, 9.17) is 11.0 Å². The van der Waals surface area contributed by atoms with Crippen molar-refractivity contribution in [1.29, 1.82) is 5.26 Å². The molecule has 0 saturated carbocycles. The molecular formula is C13H6F4N2S. The van der Waals surface area contributed by atoms with E-state index < -0.39 is 33.1 Å². The summed E-state index contributed by atoms with van der Waals surface area (Å²) in [6, 6.07) is 4.86. The van der Waals surface area contributed by atoms with Crippen molar-refractivity contribution in [3.05, 3.63) is 53.1 Å². The maximum absolute atomic E-state index is 13.6. The fourth-order valence-electron chi connectivity index (χ4n) is 1.50. The molecule has 2 aromatic rings. The zero-order valence-corrected chi connectivity index (χ0v) is 10.6. The predicted molar refractivity (Wildman–Crippen MR) is 66.0 cm³/mol. The van der Waals surface area contributed by atoms with Gasteiger partial charge in [-0.15, -0.1) is 0 Å². The molecule has 0 aromatic heterocycles. The van der Waals surface area contributed by atoms with Gasteiger partial charge in [-0.05, 0) is 24.3 Å². The van der Waals surface area contributed by atoms with Crippen molar-refractivity contribution in [2.24, 2.45) is 0 Å². The van der Waals surface area contributed by atoms with Gasteiger partial charge in [-0.1, -0.05) is 11.8 Å². The van der Waals surface area contributed by atoms with Crippen LogP contribution in [0.2, 0.25) is 0 Å². The number of benzene rings is 2. The van der Waals surface area contributed by atoms with Crippen molar-refractivity contribution in [3.8, 4) is 6.07 Å². The summed E-state index contributed by atoms with van der Waals surface area (Å²) < 4.78 is 54.4. The molecule has 0 radical (unpaired) electrons. The Labute approximate surface area is 115 Å². The monoisotopic (exact) mass is 298 g/mol. The summed E-state index contributed by atoms with van der Waals surface area (Å²) in [7, 11) is 0. The lowest BCUT2D eigenvalue weighted by atomic mass is 10.2. The van der Waals surface area contributed by atoms with Crippen molar-refractivity contribution in [1.82, 2.24) is 0 Å². The SMILES string of the molecule is N#Cc1cc(F)c(Sc2c(F)cc(N)cc2F)c(F)c1. The van der Waals surface area contributed by atoms with Gasteiger partial charge in [-0.3, -0.25) is 0 Å². The van der Waals surface area contributed by atoms with E-state index in [1.807, 2.05) is 0 Å². The van der Waals surface area contributed by atoms with Crippen LogP contribution in [-0.4, -0.2) is 0 Å². The van der Waals surface area contributed by atoms with E-state index in [2.05, 4.69) is 0 Å². The van der Waals surface area contributed by atoms with Gasteiger partial charge in [-0.2, -0.15) is 5.26 Å². The maximum Gasteiger partial charge on any atom is 0.142 e. The summed E-state index contributed by atoms with van der Waals surface area (Å²) in [6.07, 6.45) is 0. The number of rotatable bonds is 2. The molecule has 2 nitrogen and oxygen atoms in total. The molecule has 2 rings (SSSR count). The lowest BCUT2D eigenvalue weighted by molar-refractivity contribution is 0.531. The van der Waals surface area contributed by atoms with Crippen molar-refractivity contribution in [3.63, 3.8) is 0 Å². The van der Waals surface area contributed by atoms with Crippen LogP contribution in [0.4, 0.5) is 23.2 Å². The topological polar surface area (TPSA) is 49.8 Å². The van der Waals surface area contributed by atoms with Gasteiger partial charge in [0.15, 0.2) is 0 Å². The van der Waals surface area contributed by atoms with Crippen molar-refractivity contribution in [2.45, 2.75) is 9.79 Å². The van der Waals surface area contributed by atoms with Gasteiger partial charge >= 0.3 is 0 Å². The molecule has 0 saturated heterocycles. The number of nitriles is 1. The second-order valence-corrected chi connectivity index (χ2v) is 4.82. The molecule has 0 amide bonds. The molecule has 0 aliphatic carbocycles. The van der Waals surface area contributed by atoms with Crippen LogP contribution in [0.1, 0.15) is 5.56 Å². The molecule has 0 fully saturated rings. The predicted octanol–water partition coefficient (Wildman–Crippen LogP) is 3.85. The van der Waals surface area contributed by atoms with Gasteiger partial charge in [0, 0.05) is 5.69 Å². The van der Waals surface area contributed by atoms with Crippen molar-refractivity contribution < 1.29 is 17.6 Å². The van der Waals surface area contributed by atoms with Gasteiger partial charge in [0.25, 0.3) is 0 Å². The molecule has 102 valence electrons. The van der Waals surface area contributed by atoms with Crippen LogP contribution in [0.25, 0.3) is 0 Å². The molecule has 0 heterocycles. The molecule has 7 heteroatoms. The number of hydrogen-bond donors (Lipinski definition) is 1. The molecule has 2 N–H and O–H groups in total. The Kier molecular flexibility index (Phi) is 3.86. The van der Waals surface area contributed by atoms with Gasteiger partial charge in [0.1, 0.15) is 23.3 Å². The van der Waals surface area contributed by atoms with E-state index >= 15 is 0 Å². The lowest BCUT2D eigenvalue weighted by Gasteiger charge is -2.08. The van der Waals surface area contributed by atoms with E-state index in [0.29, 0.717) is 0 Å². The highest BCUT2D eigenvalue weighted by Gasteiger charge is 2.18. The van der Waals surface area contributed by atoms with Gasteiger partial charge in [0.05, 0.1) is 21.4 Å². The van der Waals surface area contributed by atoms with Crippen molar-refractivity contribution >= 4 is 17.4 Å². The third kappa shape index (κ3) is 2.70. The van der Waals surface area contributed by atoms with E-state index in [0.717, 1.165) is 24.3 Å². The number of hydrogen-bond acceptors (Lipinski definition) is 3. The van der Waals surface area contributed by atoms with E-state index in [1.54, 1.807) is 6.07 Å². The number of nitrogens with two attached hydrogens (primary N) is 1. The molecule has 0 aliphatic heterocycles. The number of nitrogen functional groups attached to an aromatic ring is 1. The van der Waals surface area contributed by atoms with Crippen LogP contribution in [-0.2, 0) is 0 Å². The maximum atomic E-state index is 13.6. The number of halogens is 4. The smallest absolute Gasteiger partial charge is 0.142 e. The Morgan fingerprint density at radius 2 is 1.25 bits per heavy atom. The fraction of sp³-hybridized carbons (Fsp3) is 0. The summed E-state index contributed by atoms with van der Waals surface area (Å²) in [6.45, 7) is 0. The molecule has 2 aromatic carbocycles. The summed E-state index contributed by atoms with van der Waals surface area (Å²) in [5, 5.41) is 8.56. The standard InChI is InChI=1S/C13H6F4N2S/c14-8-1-6(5-18)2-9(15)12(8)20-13-10(16)3-7(19)4-11(13)17/h1-4H,19H2. The Morgan fingerprint density at radius 3 is 1.65 bits per heavy atom. The largest absolute Gasteiger partial charge is 0.399 e. The minimum Gasteiger partial charge on any atom is -0.399 e. The molecule has 0 aliphatic rings. The van der Waals surface area contributed by atoms with Crippen molar-refractivity contribution in [2.75, 3.05) is 5.73 Å². The molecule has 0 atom stereocenters. The number of anilines is 1. The molecule has 0 bridgehead atoms. The minimum atomic E-state index is -1.07. The average molecular weight is 298 g/mol. The summed E-state index contributed by atoms with van der Waals surface area (Å²) >= 11 is 0.257. The molecule has 20 heavy (non-hydrogen) atoms. The summed E-state index contributed by atoms with van der Waals surface area (Å²) in [5.41, 5.74) is 4.89. The Balaban J connectivity index is 2.49. The highest BCUT2D eigenvalue weighted by molar-refractivity contribution is 7.99. The third-order valence-electron chi connectivity index (χ3n) is 2.35. The Morgan fingerprint density at radius 1 is 0.850 bits per heavy atom. The zero-order chi connectivity index (χ0) is 14.9. The fourth-order valence-corrected chi connectivity index (χ4v) is 2.33. The van der Waals surface area contributed by atoms with Crippen LogP contribution < -0.4 is 5.73 Å². The molecule has 0 spiro atoms. The average Bonchev–Trinajstić information content (AvgIpc) is 2.35. The molecular weight excluding hydrogens is 292 g/mol. The lowest BCUT2D eigenvalue weighted by Crippen LogP contribution is -1.95. The van der Waals surface area contributed by atoms with Crippen LogP contribution in [0, 0.1) is 34.6 Å². The first-order valence-electron chi connectivity index (χ1n) is 5.24. The second-order valence-electron chi connectivity index (χ2n) is 3.80. The van der Waals surface area contributed by atoms with Crippen LogP contribution in [0.15, 0.2) is 34.1 Å².